The van der Waals surface area contributed by atoms with E-state index in [2.05, 4.69) is 56.6 Å². The summed E-state index contributed by atoms with van der Waals surface area (Å²) in [7, 11) is 1.76. The second-order valence-electron chi connectivity index (χ2n) is 7.58. The molecule has 0 spiro atoms. The Morgan fingerprint density at radius 2 is 1.89 bits per heavy atom. The van der Waals surface area contributed by atoms with Crippen LogP contribution in [0.5, 0.6) is 0 Å². The van der Waals surface area contributed by atoms with Crippen molar-refractivity contribution in [2.45, 2.75) is 58.5 Å². The van der Waals surface area contributed by atoms with Gasteiger partial charge in [0.05, 0.1) is 12.2 Å². The normalized spacial score (nSPS) is 15.6. The van der Waals surface area contributed by atoms with E-state index < -0.39 is 0 Å². The van der Waals surface area contributed by atoms with Crippen molar-refractivity contribution in [1.29, 1.82) is 0 Å². The molecule has 0 amide bonds. The van der Waals surface area contributed by atoms with Gasteiger partial charge in [-0.3, -0.25) is 4.99 Å². The van der Waals surface area contributed by atoms with Crippen molar-refractivity contribution in [2.24, 2.45) is 4.99 Å². The summed E-state index contributed by atoms with van der Waals surface area (Å²) in [6.45, 7) is 7.64. The van der Waals surface area contributed by atoms with Gasteiger partial charge in [-0.05, 0) is 30.4 Å². The molecule has 7 heteroatoms. The van der Waals surface area contributed by atoms with Gasteiger partial charge in [0.25, 0.3) is 0 Å². The molecule has 3 rings (SSSR count). The molecule has 7 nitrogen and oxygen atoms in total. The molecular formula is C21H32N6O. The molecule has 0 bridgehead atoms. The number of guanidine groups is 1. The van der Waals surface area contributed by atoms with E-state index in [1.165, 1.54) is 25.7 Å². The van der Waals surface area contributed by atoms with Gasteiger partial charge in [0.15, 0.2) is 11.7 Å². The molecule has 0 aliphatic carbocycles. The first-order valence-corrected chi connectivity index (χ1v) is 10.3. The highest BCUT2D eigenvalue weighted by Crippen LogP contribution is 2.17. The molecule has 2 aromatic heterocycles. The summed E-state index contributed by atoms with van der Waals surface area (Å²) in [6, 6.07) is 6.25. The fourth-order valence-electron chi connectivity index (χ4n) is 3.27. The molecule has 0 radical (unpaired) electrons. The van der Waals surface area contributed by atoms with Gasteiger partial charge in [0.2, 0.25) is 0 Å². The van der Waals surface area contributed by atoms with E-state index in [1.807, 2.05) is 12.3 Å². The fourth-order valence-corrected chi connectivity index (χ4v) is 3.27. The zero-order chi connectivity index (χ0) is 19.8. The van der Waals surface area contributed by atoms with Crippen LogP contribution >= 0.6 is 0 Å². The average Bonchev–Trinajstić information content (AvgIpc) is 3.03. The first-order chi connectivity index (χ1) is 13.7. The molecule has 1 saturated heterocycles. The predicted octanol–water partition coefficient (Wildman–Crippen LogP) is 3.44. The lowest BCUT2D eigenvalue weighted by molar-refractivity contribution is 0.372. The van der Waals surface area contributed by atoms with Crippen LogP contribution in [0.25, 0.3) is 0 Å². The number of rotatable bonds is 6. The van der Waals surface area contributed by atoms with Crippen LogP contribution in [0.15, 0.2) is 33.9 Å². The van der Waals surface area contributed by atoms with E-state index in [0.29, 0.717) is 19.0 Å². The number of nitrogens with one attached hydrogen (secondary N) is 2. The molecule has 0 atom stereocenters. The van der Waals surface area contributed by atoms with E-state index >= 15 is 0 Å². The van der Waals surface area contributed by atoms with Crippen LogP contribution in [0.3, 0.4) is 0 Å². The number of pyridine rings is 1. The van der Waals surface area contributed by atoms with Crippen LogP contribution in [0, 0.1) is 0 Å². The third-order valence-corrected chi connectivity index (χ3v) is 5.02. The van der Waals surface area contributed by atoms with Gasteiger partial charge in [-0.1, -0.05) is 37.9 Å². The van der Waals surface area contributed by atoms with Gasteiger partial charge < -0.3 is 20.1 Å². The van der Waals surface area contributed by atoms with Crippen molar-refractivity contribution in [3.63, 3.8) is 0 Å². The number of aliphatic imine (C=N–C) groups is 1. The predicted molar refractivity (Wildman–Crippen MR) is 113 cm³/mol. The van der Waals surface area contributed by atoms with Gasteiger partial charge >= 0.3 is 0 Å². The molecule has 1 aliphatic rings. The fraction of sp³-hybridized carbons (Fsp3) is 0.571. The Balaban J connectivity index is 1.47. The van der Waals surface area contributed by atoms with E-state index in [-0.39, 0.29) is 0 Å². The van der Waals surface area contributed by atoms with E-state index in [1.54, 1.807) is 7.05 Å². The smallest absolute Gasteiger partial charge is 0.191 e. The third kappa shape index (κ3) is 5.71. The van der Waals surface area contributed by atoms with Crippen LogP contribution in [0.1, 0.15) is 62.5 Å². The Kier molecular flexibility index (Phi) is 7.28. The Morgan fingerprint density at radius 3 is 2.50 bits per heavy atom. The lowest BCUT2D eigenvalue weighted by Crippen LogP contribution is -2.36. The number of anilines is 1. The molecule has 28 heavy (non-hydrogen) atoms. The Morgan fingerprint density at radius 1 is 1.14 bits per heavy atom. The van der Waals surface area contributed by atoms with Gasteiger partial charge in [-0.15, -0.1) is 0 Å². The van der Waals surface area contributed by atoms with Crippen molar-refractivity contribution in [1.82, 2.24) is 20.8 Å². The Bertz CT molecular complexity index is 745. The summed E-state index contributed by atoms with van der Waals surface area (Å²) in [6.07, 6.45) is 7.13. The minimum absolute atomic E-state index is 0.361. The first-order valence-electron chi connectivity index (χ1n) is 10.3. The second kappa shape index (κ2) is 10.1. The quantitative estimate of drug-likeness (QED) is 0.587. The summed E-state index contributed by atoms with van der Waals surface area (Å²) in [5.74, 6) is 2.97. The molecule has 1 aliphatic heterocycles. The van der Waals surface area contributed by atoms with Crippen molar-refractivity contribution in [3.8, 4) is 0 Å². The SMILES string of the molecule is CN=C(NCc1ccc(N2CCCCCC2)nc1)NCc1cc(C(C)C)no1. The number of hydrogen-bond donors (Lipinski definition) is 2. The zero-order valence-electron chi connectivity index (χ0n) is 17.2. The minimum Gasteiger partial charge on any atom is -0.359 e. The van der Waals surface area contributed by atoms with Crippen LogP contribution < -0.4 is 15.5 Å². The standard InChI is InChI=1S/C21H32N6O/c1-16(2)19-12-18(28-26-19)15-25-21(22-3)24-14-17-8-9-20(23-13-17)27-10-6-4-5-7-11-27/h8-9,12-13,16H,4-7,10-11,14-15H2,1-3H3,(H2,22,24,25). The molecule has 0 aromatic carbocycles. The molecule has 2 N–H and O–H groups in total. The lowest BCUT2D eigenvalue weighted by atomic mass is 10.1. The summed E-state index contributed by atoms with van der Waals surface area (Å²) < 4.78 is 5.35. The zero-order valence-corrected chi connectivity index (χ0v) is 17.2. The maximum atomic E-state index is 5.35. The van der Waals surface area contributed by atoms with E-state index in [0.717, 1.165) is 41.9 Å². The van der Waals surface area contributed by atoms with Crippen molar-refractivity contribution in [2.75, 3.05) is 25.0 Å². The van der Waals surface area contributed by atoms with E-state index in [4.69, 9.17) is 4.52 Å². The van der Waals surface area contributed by atoms with Crippen LogP contribution in [-0.4, -0.2) is 36.2 Å². The van der Waals surface area contributed by atoms with Crippen LogP contribution in [0.2, 0.25) is 0 Å². The Hall–Kier alpha value is -2.57. The maximum absolute atomic E-state index is 5.35. The lowest BCUT2D eigenvalue weighted by Gasteiger charge is -2.21. The van der Waals surface area contributed by atoms with Gasteiger partial charge in [0.1, 0.15) is 5.82 Å². The summed E-state index contributed by atoms with van der Waals surface area (Å²) in [4.78, 5) is 11.3. The minimum atomic E-state index is 0.361. The molecule has 0 saturated carbocycles. The van der Waals surface area contributed by atoms with Crippen molar-refractivity contribution < 1.29 is 4.52 Å². The largest absolute Gasteiger partial charge is 0.359 e. The first kappa shape index (κ1) is 20.2. The monoisotopic (exact) mass is 384 g/mol. The molecule has 1 fully saturated rings. The topological polar surface area (TPSA) is 78.6 Å². The van der Waals surface area contributed by atoms with Gasteiger partial charge in [-0.25, -0.2) is 4.98 Å². The van der Waals surface area contributed by atoms with Crippen LogP contribution in [0.4, 0.5) is 5.82 Å². The van der Waals surface area contributed by atoms with Crippen molar-refractivity contribution in [3.05, 3.63) is 41.4 Å². The molecule has 2 aromatic rings. The number of aromatic nitrogens is 2. The second-order valence-corrected chi connectivity index (χ2v) is 7.58. The summed E-state index contributed by atoms with van der Waals surface area (Å²) >= 11 is 0. The molecule has 3 heterocycles. The highest BCUT2D eigenvalue weighted by Gasteiger charge is 2.11. The Labute approximate surface area is 167 Å². The van der Waals surface area contributed by atoms with E-state index in [9.17, 15) is 0 Å². The van der Waals surface area contributed by atoms with Crippen LogP contribution in [-0.2, 0) is 13.1 Å². The molecule has 0 unspecified atom stereocenters. The van der Waals surface area contributed by atoms with Crippen molar-refractivity contribution >= 4 is 11.8 Å². The summed E-state index contributed by atoms with van der Waals surface area (Å²) in [5, 5.41) is 10.7. The molecular weight excluding hydrogens is 352 g/mol. The summed E-state index contributed by atoms with van der Waals surface area (Å²) in [5.41, 5.74) is 2.10. The van der Waals surface area contributed by atoms with Gasteiger partial charge in [-0.2, -0.15) is 0 Å². The number of hydrogen-bond acceptors (Lipinski definition) is 5. The third-order valence-electron chi connectivity index (χ3n) is 5.02. The number of nitrogens with zero attached hydrogens (tertiary/aromatic N) is 4. The highest BCUT2D eigenvalue weighted by atomic mass is 16.5. The highest BCUT2D eigenvalue weighted by molar-refractivity contribution is 5.79. The van der Waals surface area contributed by atoms with Gasteiger partial charge in [0, 0.05) is 38.9 Å². The molecule has 152 valence electrons. The maximum Gasteiger partial charge on any atom is 0.191 e. The average molecular weight is 385 g/mol.